The van der Waals surface area contributed by atoms with Crippen LogP contribution in [0.4, 0.5) is 5.13 Å². The second-order valence-electron chi connectivity index (χ2n) is 8.65. The largest absolute Gasteiger partial charge is 0.494 e. The first-order chi connectivity index (χ1) is 18.5. The van der Waals surface area contributed by atoms with Crippen molar-refractivity contribution in [3.8, 4) is 17.2 Å². The van der Waals surface area contributed by atoms with Gasteiger partial charge in [-0.25, -0.2) is 4.98 Å². The summed E-state index contributed by atoms with van der Waals surface area (Å²) in [6.45, 7) is 4.82. The van der Waals surface area contributed by atoms with Gasteiger partial charge in [0.25, 0.3) is 5.91 Å². The first kappa shape index (κ1) is 24.0. The molecule has 1 aliphatic heterocycles. The average molecular weight is 529 g/mol. The first-order valence-corrected chi connectivity index (χ1v) is 13.1. The van der Waals surface area contributed by atoms with E-state index in [1.165, 1.54) is 16.2 Å². The number of fused-ring (bicyclic) bond motifs is 3. The number of rotatable bonds is 7. The number of para-hydroxylation sites is 1. The lowest BCUT2D eigenvalue weighted by Crippen LogP contribution is -2.29. The third kappa shape index (κ3) is 3.78. The maximum absolute atomic E-state index is 13.9. The quantitative estimate of drug-likeness (QED) is 0.257. The van der Waals surface area contributed by atoms with Gasteiger partial charge in [-0.15, -0.1) is 0 Å². The van der Waals surface area contributed by atoms with E-state index in [9.17, 15) is 9.59 Å². The molecule has 0 fully saturated rings. The van der Waals surface area contributed by atoms with Gasteiger partial charge in [0.05, 0.1) is 47.5 Å². The minimum absolute atomic E-state index is 0.0146. The Kier molecular flexibility index (Phi) is 6.00. The third-order valence-corrected chi connectivity index (χ3v) is 7.46. The van der Waals surface area contributed by atoms with Crippen LogP contribution in [0.3, 0.4) is 0 Å². The highest BCUT2D eigenvalue weighted by atomic mass is 32.1. The minimum Gasteiger partial charge on any atom is -0.494 e. The van der Waals surface area contributed by atoms with E-state index in [4.69, 9.17) is 23.6 Å². The fourth-order valence-corrected chi connectivity index (χ4v) is 5.83. The number of carbonyl (C=O) groups is 1. The fraction of sp³-hybridized carbons (Fsp3) is 0.207. The van der Waals surface area contributed by atoms with E-state index in [-0.39, 0.29) is 16.8 Å². The zero-order valence-corrected chi connectivity index (χ0v) is 21.8. The maximum Gasteiger partial charge on any atom is 0.297 e. The van der Waals surface area contributed by atoms with Gasteiger partial charge in [0, 0.05) is 0 Å². The summed E-state index contributed by atoms with van der Waals surface area (Å²) in [5.74, 6) is 1.39. The van der Waals surface area contributed by atoms with Gasteiger partial charge in [0.15, 0.2) is 22.1 Å². The normalized spacial score (nSPS) is 14.8. The number of amides is 1. The number of benzene rings is 3. The Bertz CT molecular complexity index is 1760. The molecule has 0 saturated heterocycles. The number of thiazole rings is 1. The number of carbonyl (C=O) groups excluding carboxylic acids is 1. The van der Waals surface area contributed by atoms with Crippen LogP contribution in [0.2, 0.25) is 0 Å². The number of nitrogens with zero attached hydrogens (tertiary/aromatic N) is 2. The van der Waals surface area contributed by atoms with Gasteiger partial charge in [0.2, 0.25) is 5.76 Å². The number of methoxy groups -OCH3 is 1. The van der Waals surface area contributed by atoms with Crippen LogP contribution in [-0.2, 0) is 0 Å². The number of ether oxygens (including phenoxy) is 3. The van der Waals surface area contributed by atoms with Gasteiger partial charge < -0.3 is 18.6 Å². The summed E-state index contributed by atoms with van der Waals surface area (Å²) in [4.78, 5) is 34.0. The van der Waals surface area contributed by atoms with E-state index >= 15 is 0 Å². The molecule has 0 aliphatic carbocycles. The van der Waals surface area contributed by atoms with Crippen molar-refractivity contribution < 1.29 is 23.4 Å². The van der Waals surface area contributed by atoms with Gasteiger partial charge in [0.1, 0.15) is 11.3 Å². The van der Waals surface area contributed by atoms with E-state index in [0.717, 1.165) is 16.0 Å². The van der Waals surface area contributed by atoms with Crippen LogP contribution in [0.5, 0.6) is 17.2 Å². The smallest absolute Gasteiger partial charge is 0.297 e. The summed E-state index contributed by atoms with van der Waals surface area (Å²) >= 11 is 1.35. The van der Waals surface area contributed by atoms with E-state index in [2.05, 4.69) is 0 Å². The van der Waals surface area contributed by atoms with Gasteiger partial charge in [-0.05, 0) is 61.9 Å². The number of hydrogen-bond donors (Lipinski definition) is 0. The summed E-state index contributed by atoms with van der Waals surface area (Å²) in [5, 5.41) is 0.862. The minimum atomic E-state index is -0.769. The Morgan fingerprint density at radius 2 is 1.79 bits per heavy atom. The van der Waals surface area contributed by atoms with Crippen LogP contribution < -0.4 is 24.5 Å². The molecular formula is C29H24N2O6S. The number of hydrogen-bond acceptors (Lipinski definition) is 8. The van der Waals surface area contributed by atoms with Gasteiger partial charge >= 0.3 is 0 Å². The lowest BCUT2D eigenvalue weighted by molar-refractivity contribution is 0.0971. The number of anilines is 1. The van der Waals surface area contributed by atoms with Crippen molar-refractivity contribution in [1.29, 1.82) is 0 Å². The Labute approximate surface area is 222 Å². The molecule has 8 nitrogen and oxygen atoms in total. The maximum atomic E-state index is 13.9. The monoisotopic (exact) mass is 528 g/mol. The third-order valence-electron chi connectivity index (χ3n) is 6.45. The van der Waals surface area contributed by atoms with Crippen LogP contribution >= 0.6 is 11.3 Å². The van der Waals surface area contributed by atoms with Crippen LogP contribution in [0.15, 0.2) is 69.9 Å². The average Bonchev–Trinajstić information content (AvgIpc) is 3.47. The van der Waals surface area contributed by atoms with Crippen molar-refractivity contribution in [2.45, 2.75) is 19.9 Å². The second-order valence-corrected chi connectivity index (χ2v) is 9.66. The molecule has 1 amide bonds. The number of aromatic nitrogens is 1. The molecule has 0 radical (unpaired) electrons. The van der Waals surface area contributed by atoms with Crippen molar-refractivity contribution in [1.82, 2.24) is 4.98 Å². The van der Waals surface area contributed by atoms with Crippen LogP contribution in [-0.4, -0.2) is 31.2 Å². The summed E-state index contributed by atoms with van der Waals surface area (Å²) < 4.78 is 23.8. The molecule has 0 bridgehead atoms. The zero-order valence-electron chi connectivity index (χ0n) is 21.0. The molecule has 0 spiro atoms. The predicted molar refractivity (Wildman–Crippen MR) is 146 cm³/mol. The highest BCUT2D eigenvalue weighted by Crippen LogP contribution is 2.45. The Morgan fingerprint density at radius 3 is 2.58 bits per heavy atom. The van der Waals surface area contributed by atoms with Crippen molar-refractivity contribution in [3.05, 3.63) is 87.8 Å². The van der Waals surface area contributed by atoms with E-state index in [0.29, 0.717) is 46.4 Å². The molecule has 3 aromatic carbocycles. The molecule has 38 heavy (non-hydrogen) atoms. The lowest BCUT2D eigenvalue weighted by Gasteiger charge is -2.23. The van der Waals surface area contributed by atoms with Crippen molar-refractivity contribution >= 4 is 43.6 Å². The highest BCUT2D eigenvalue weighted by Gasteiger charge is 2.45. The Balaban J connectivity index is 1.58. The molecule has 1 aliphatic rings. The van der Waals surface area contributed by atoms with Crippen LogP contribution in [0.1, 0.15) is 41.6 Å². The molecule has 1 atom stereocenters. The molecule has 3 heterocycles. The topological polar surface area (TPSA) is 91.1 Å². The molecule has 192 valence electrons. The zero-order chi connectivity index (χ0) is 26.4. The molecule has 6 rings (SSSR count). The first-order valence-electron chi connectivity index (χ1n) is 12.3. The van der Waals surface area contributed by atoms with Gasteiger partial charge in [-0.3, -0.25) is 14.5 Å². The highest BCUT2D eigenvalue weighted by molar-refractivity contribution is 7.22. The molecule has 5 aromatic rings. The van der Waals surface area contributed by atoms with Gasteiger partial charge in [-0.1, -0.05) is 29.5 Å². The van der Waals surface area contributed by atoms with E-state index < -0.39 is 11.9 Å². The van der Waals surface area contributed by atoms with Crippen molar-refractivity contribution in [2.24, 2.45) is 0 Å². The SMILES string of the molecule is CCOc1ccc2nc(N3C(=O)c4oc5ccccc5c(=O)c4C3c3ccc(OCC)c(OC)c3)sc2c1. The van der Waals surface area contributed by atoms with E-state index in [1.807, 2.05) is 38.1 Å². The van der Waals surface area contributed by atoms with Crippen molar-refractivity contribution in [3.63, 3.8) is 0 Å². The fourth-order valence-electron chi connectivity index (χ4n) is 4.81. The summed E-state index contributed by atoms with van der Waals surface area (Å²) in [5.41, 5.74) is 1.78. The second kappa shape index (κ2) is 9.50. The molecule has 1 unspecified atom stereocenters. The van der Waals surface area contributed by atoms with Gasteiger partial charge in [-0.2, -0.15) is 0 Å². The standard InChI is InChI=1S/C29H24N2O6S/c1-4-35-17-11-12-19-23(15-17)38-29(30-19)31-25(16-10-13-21(36-5-2)22(14-16)34-3)24-26(32)18-8-6-7-9-20(18)37-27(24)28(31)33/h6-15,25H,4-5H2,1-3H3. The predicted octanol–water partition coefficient (Wildman–Crippen LogP) is 5.96. The molecule has 2 aromatic heterocycles. The molecular weight excluding hydrogens is 504 g/mol. The lowest BCUT2D eigenvalue weighted by atomic mass is 9.98. The summed E-state index contributed by atoms with van der Waals surface area (Å²) in [6.07, 6.45) is 0. The Hall–Kier alpha value is -4.37. The molecule has 0 saturated carbocycles. The molecule has 9 heteroatoms. The van der Waals surface area contributed by atoms with Crippen molar-refractivity contribution in [2.75, 3.05) is 25.2 Å². The summed E-state index contributed by atoms with van der Waals surface area (Å²) in [6, 6.07) is 17.2. The van der Waals surface area contributed by atoms with E-state index in [1.54, 1.807) is 43.5 Å². The van der Waals surface area contributed by atoms with Crippen LogP contribution in [0, 0.1) is 0 Å². The molecule has 0 N–H and O–H groups in total. The Morgan fingerprint density at radius 1 is 0.974 bits per heavy atom. The summed E-state index contributed by atoms with van der Waals surface area (Å²) in [7, 11) is 1.55. The van der Waals surface area contributed by atoms with Crippen LogP contribution in [0.25, 0.3) is 21.2 Å².